The van der Waals surface area contributed by atoms with Crippen molar-refractivity contribution < 1.29 is 14.3 Å². The number of nitrogens with one attached hydrogen (secondary N) is 1. The topological polar surface area (TPSA) is 62.5 Å². The molecule has 0 aromatic carbocycles. The molecule has 0 unspecified atom stereocenters. The van der Waals surface area contributed by atoms with Crippen molar-refractivity contribution in [3.05, 3.63) is 24.2 Å². The van der Waals surface area contributed by atoms with Crippen molar-refractivity contribution in [1.29, 1.82) is 0 Å². The molecule has 0 spiro atoms. The first kappa shape index (κ1) is 9.27. The molecule has 2 rings (SSSR count). The summed E-state index contributed by atoms with van der Waals surface area (Å²) in [6, 6.07) is 3.29. The Bertz CT molecular complexity index is 314. The highest BCUT2D eigenvalue weighted by Crippen LogP contribution is 2.44. The molecule has 1 aromatic rings. The van der Waals surface area contributed by atoms with Crippen LogP contribution in [0.1, 0.15) is 23.4 Å². The van der Waals surface area contributed by atoms with Gasteiger partial charge in [0.25, 0.3) is 5.91 Å². The van der Waals surface area contributed by atoms with Crippen molar-refractivity contribution >= 4 is 5.91 Å². The normalized spacial score (nSPS) is 17.8. The second kappa shape index (κ2) is 3.46. The Hall–Kier alpha value is -1.29. The molecule has 0 bridgehead atoms. The molecule has 76 valence electrons. The summed E-state index contributed by atoms with van der Waals surface area (Å²) in [5.41, 5.74) is -0.0533. The van der Waals surface area contributed by atoms with Gasteiger partial charge in [-0.3, -0.25) is 4.79 Å². The summed E-state index contributed by atoms with van der Waals surface area (Å²) in [5.74, 6) is 0.105. The largest absolute Gasteiger partial charge is 0.459 e. The van der Waals surface area contributed by atoms with Gasteiger partial charge < -0.3 is 14.8 Å². The molecule has 2 N–H and O–H groups in total. The molecule has 1 aromatic heterocycles. The van der Waals surface area contributed by atoms with Crippen LogP contribution in [0.2, 0.25) is 0 Å². The van der Waals surface area contributed by atoms with Crippen LogP contribution in [-0.4, -0.2) is 24.2 Å². The number of aliphatic hydroxyl groups is 1. The van der Waals surface area contributed by atoms with Crippen molar-refractivity contribution in [2.24, 2.45) is 5.41 Å². The summed E-state index contributed by atoms with van der Waals surface area (Å²) in [6.07, 6.45) is 3.44. The lowest BCUT2D eigenvalue weighted by molar-refractivity contribution is 0.0907. The minimum atomic E-state index is -0.213. The van der Waals surface area contributed by atoms with E-state index in [2.05, 4.69) is 5.32 Å². The van der Waals surface area contributed by atoms with Crippen LogP contribution >= 0.6 is 0 Å². The van der Waals surface area contributed by atoms with Gasteiger partial charge in [0.1, 0.15) is 0 Å². The van der Waals surface area contributed by atoms with Gasteiger partial charge in [0.2, 0.25) is 0 Å². The third kappa shape index (κ3) is 1.80. The number of rotatable bonds is 4. The number of hydrogen-bond acceptors (Lipinski definition) is 3. The Morgan fingerprint density at radius 2 is 2.43 bits per heavy atom. The molecule has 4 heteroatoms. The smallest absolute Gasteiger partial charge is 0.286 e. The lowest BCUT2D eigenvalue weighted by Crippen LogP contribution is -2.31. The summed E-state index contributed by atoms with van der Waals surface area (Å²) >= 11 is 0. The third-order valence-corrected chi connectivity index (χ3v) is 2.66. The number of amides is 1. The van der Waals surface area contributed by atoms with E-state index < -0.39 is 0 Å². The molecule has 1 aliphatic rings. The third-order valence-electron chi connectivity index (χ3n) is 2.66. The maximum Gasteiger partial charge on any atom is 0.286 e. The SMILES string of the molecule is O=C(NCC1(CO)CC1)c1ccco1. The monoisotopic (exact) mass is 195 g/mol. The summed E-state index contributed by atoms with van der Waals surface area (Å²) in [6.45, 7) is 0.675. The highest BCUT2D eigenvalue weighted by Gasteiger charge is 2.42. The summed E-state index contributed by atoms with van der Waals surface area (Å²) in [7, 11) is 0. The van der Waals surface area contributed by atoms with Crippen LogP contribution < -0.4 is 5.32 Å². The van der Waals surface area contributed by atoms with Gasteiger partial charge in [-0.05, 0) is 25.0 Å². The molecule has 1 saturated carbocycles. The molecule has 0 radical (unpaired) electrons. The first-order chi connectivity index (χ1) is 6.76. The molecular weight excluding hydrogens is 182 g/mol. The minimum Gasteiger partial charge on any atom is -0.459 e. The van der Waals surface area contributed by atoms with E-state index in [-0.39, 0.29) is 17.9 Å². The van der Waals surface area contributed by atoms with Crippen LogP contribution in [0.3, 0.4) is 0 Å². The molecule has 4 nitrogen and oxygen atoms in total. The number of hydrogen-bond donors (Lipinski definition) is 2. The molecule has 1 fully saturated rings. The summed E-state index contributed by atoms with van der Waals surface area (Å²) in [5, 5.41) is 11.8. The van der Waals surface area contributed by atoms with Gasteiger partial charge in [0.15, 0.2) is 5.76 Å². The number of aliphatic hydroxyl groups excluding tert-OH is 1. The zero-order valence-electron chi connectivity index (χ0n) is 7.82. The quantitative estimate of drug-likeness (QED) is 0.746. The van der Waals surface area contributed by atoms with Crippen molar-refractivity contribution in [3.63, 3.8) is 0 Å². The Kier molecular flexibility index (Phi) is 2.29. The second-order valence-electron chi connectivity index (χ2n) is 3.82. The van der Waals surface area contributed by atoms with Crippen LogP contribution in [0.25, 0.3) is 0 Å². The fourth-order valence-corrected chi connectivity index (χ4v) is 1.33. The number of carbonyl (C=O) groups excluding carboxylic acids is 1. The molecule has 1 aliphatic carbocycles. The summed E-state index contributed by atoms with van der Waals surface area (Å²) < 4.78 is 4.94. The fourth-order valence-electron chi connectivity index (χ4n) is 1.33. The van der Waals surface area contributed by atoms with Gasteiger partial charge in [-0.25, -0.2) is 0 Å². The molecule has 1 heterocycles. The Labute approximate surface area is 81.9 Å². The van der Waals surface area contributed by atoms with Gasteiger partial charge in [-0.1, -0.05) is 0 Å². The Morgan fingerprint density at radius 3 is 2.93 bits per heavy atom. The minimum absolute atomic E-state index is 0.0533. The average Bonchev–Trinajstić information content (AvgIpc) is 2.78. The van der Waals surface area contributed by atoms with E-state index in [1.807, 2.05) is 0 Å². The average molecular weight is 195 g/mol. The van der Waals surface area contributed by atoms with Crippen molar-refractivity contribution in [2.75, 3.05) is 13.2 Å². The molecule has 0 saturated heterocycles. The van der Waals surface area contributed by atoms with Gasteiger partial charge >= 0.3 is 0 Å². The van der Waals surface area contributed by atoms with E-state index in [1.165, 1.54) is 6.26 Å². The van der Waals surface area contributed by atoms with Gasteiger partial charge in [-0.2, -0.15) is 0 Å². The first-order valence-electron chi connectivity index (χ1n) is 4.68. The van der Waals surface area contributed by atoms with Crippen LogP contribution in [0.15, 0.2) is 22.8 Å². The number of furan rings is 1. The van der Waals surface area contributed by atoms with E-state index in [4.69, 9.17) is 9.52 Å². The molecule has 0 atom stereocenters. The van der Waals surface area contributed by atoms with E-state index in [0.29, 0.717) is 12.3 Å². The van der Waals surface area contributed by atoms with Crippen LogP contribution in [-0.2, 0) is 0 Å². The van der Waals surface area contributed by atoms with E-state index >= 15 is 0 Å². The van der Waals surface area contributed by atoms with Crippen molar-refractivity contribution in [1.82, 2.24) is 5.32 Å². The standard InChI is InChI=1S/C10H13NO3/c12-7-10(3-4-10)6-11-9(13)8-2-1-5-14-8/h1-2,5,12H,3-4,6-7H2,(H,11,13). The maximum atomic E-state index is 11.4. The lowest BCUT2D eigenvalue weighted by atomic mass is 10.1. The van der Waals surface area contributed by atoms with E-state index in [1.54, 1.807) is 12.1 Å². The number of carbonyl (C=O) groups is 1. The maximum absolute atomic E-state index is 11.4. The Balaban J connectivity index is 1.84. The predicted molar refractivity (Wildman–Crippen MR) is 49.8 cm³/mol. The van der Waals surface area contributed by atoms with Crippen LogP contribution in [0, 0.1) is 5.41 Å². The zero-order valence-corrected chi connectivity index (χ0v) is 7.82. The zero-order chi connectivity index (χ0) is 10.0. The van der Waals surface area contributed by atoms with Crippen LogP contribution in [0.5, 0.6) is 0 Å². The van der Waals surface area contributed by atoms with E-state index in [0.717, 1.165) is 12.8 Å². The fraction of sp³-hybridized carbons (Fsp3) is 0.500. The highest BCUT2D eigenvalue weighted by atomic mass is 16.3. The molecular formula is C10H13NO3. The predicted octanol–water partition coefficient (Wildman–Crippen LogP) is 0.782. The van der Waals surface area contributed by atoms with Gasteiger partial charge in [-0.15, -0.1) is 0 Å². The van der Waals surface area contributed by atoms with Gasteiger partial charge in [0, 0.05) is 12.0 Å². The summed E-state index contributed by atoms with van der Waals surface area (Å²) in [4.78, 5) is 11.4. The highest BCUT2D eigenvalue weighted by molar-refractivity contribution is 5.91. The Morgan fingerprint density at radius 1 is 1.64 bits per heavy atom. The molecule has 0 aliphatic heterocycles. The first-order valence-corrected chi connectivity index (χ1v) is 4.68. The molecule has 1 amide bonds. The van der Waals surface area contributed by atoms with Crippen molar-refractivity contribution in [2.45, 2.75) is 12.8 Å². The van der Waals surface area contributed by atoms with E-state index in [9.17, 15) is 4.79 Å². The second-order valence-corrected chi connectivity index (χ2v) is 3.82. The van der Waals surface area contributed by atoms with Crippen LogP contribution in [0.4, 0.5) is 0 Å². The molecule has 14 heavy (non-hydrogen) atoms. The van der Waals surface area contributed by atoms with Crippen molar-refractivity contribution in [3.8, 4) is 0 Å². The lowest BCUT2D eigenvalue weighted by Gasteiger charge is -2.11. The van der Waals surface area contributed by atoms with Gasteiger partial charge in [0.05, 0.1) is 12.9 Å².